The minimum Gasteiger partial charge on any atom is -0.298 e. The molecule has 2 heteroatoms. The molecule has 0 atom stereocenters. The van der Waals surface area contributed by atoms with Crippen molar-refractivity contribution in [3.05, 3.63) is 0 Å². The molecule has 0 aliphatic heterocycles. The summed E-state index contributed by atoms with van der Waals surface area (Å²) < 4.78 is 0.00736. The van der Waals surface area contributed by atoms with Crippen LogP contribution in [0.5, 0.6) is 0 Å². The largest absolute Gasteiger partial charge is 0.298 e. The summed E-state index contributed by atoms with van der Waals surface area (Å²) in [5.41, 5.74) is 0. The molecule has 1 nitrogen and oxygen atoms in total. The summed E-state index contributed by atoms with van der Waals surface area (Å²) in [6, 6.07) is 0. The van der Waals surface area contributed by atoms with Crippen LogP contribution in [0.1, 0.15) is 58.8 Å². The topological polar surface area (TPSA) is 17.1 Å². The van der Waals surface area contributed by atoms with Crippen molar-refractivity contribution in [1.29, 1.82) is 0 Å². The van der Waals surface area contributed by atoms with Crippen molar-refractivity contribution in [1.82, 2.24) is 0 Å². The molecule has 0 N–H and O–H groups in total. The van der Waals surface area contributed by atoms with Gasteiger partial charge in [0.05, 0.1) is 4.75 Å². The number of hydrogen-bond acceptors (Lipinski definition) is 2. The number of hydrogen-bond donors (Lipinski definition) is 0. The van der Waals surface area contributed by atoms with E-state index in [4.69, 9.17) is 0 Å². The van der Waals surface area contributed by atoms with E-state index in [2.05, 4.69) is 6.92 Å². The van der Waals surface area contributed by atoms with Gasteiger partial charge in [-0.2, -0.15) is 0 Å². The van der Waals surface area contributed by atoms with Crippen molar-refractivity contribution in [2.24, 2.45) is 0 Å². The fraction of sp³-hybridized carbons (Fsp3) is 0.917. The van der Waals surface area contributed by atoms with Crippen LogP contribution >= 0.6 is 11.8 Å². The molecule has 1 aliphatic carbocycles. The first-order chi connectivity index (χ1) is 6.71. The van der Waals surface area contributed by atoms with Gasteiger partial charge in [-0.05, 0) is 31.9 Å². The predicted octanol–water partition coefficient (Wildman–Crippen LogP) is 3.81. The number of carbonyl (C=O) groups is 1. The Morgan fingerprint density at radius 3 is 2.43 bits per heavy atom. The number of ketones is 1. The van der Waals surface area contributed by atoms with Crippen LogP contribution in [0.15, 0.2) is 0 Å². The first-order valence-electron chi connectivity index (χ1n) is 5.86. The minimum absolute atomic E-state index is 0.00736. The second-order valence-electron chi connectivity index (χ2n) is 4.31. The Balaban J connectivity index is 2.47. The maximum atomic E-state index is 11.7. The zero-order chi connectivity index (χ0) is 10.4. The van der Waals surface area contributed by atoms with Crippen LogP contribution in [0.3, 0.4) is 0 Å². The van der Waals surface area contributed by atoms with Crippen LogP contribution in [0, 0.1) is 0 Å². The molecule has 1 aliphatic rings. The first kappa shape index (κ1) is 12.1. The molecule has 82 valence electrons. The van der Waals surface area contributed by atoms with E-state index in [0.717, 1.165) is 18.6 Å². The Labute approximate surface area is 92.0 Å². The van der Waals surface area contributed by atoms with Gasteiger partial charge >= 0.3 is 0 Å². The summed E-state index contributed by atoms with van der Waals surface area (Å²) >= 11 is 1.93. The van der Waals surface area contributed by atoms with Crippen LogP contribution in [-0.4, -0.2) is 16.3 Å². The van der Waals surface area contributed by atoms with Crippen LogP contribution in [0.2, 0.25) is 0 Å². The van der Waals surface area contributed by atoms with Crippen LogP contribution < -0.4 is 0 Å². The zero-order valence-corrected chi connectivity index (χ0v) is 10.3. The van der Waals surface area contributed by atoms with Crippen LogP contribution in [0.4, 0.5) is 0 Å². The Bertz CT molecular complexity index is 183. The Morgan fingerprint density at radius 2 is 1.93 bits per heavy atom. The maximum absolute atomic E-state index is 11.7. The van der Waals surface area contributed by atoms with Crippen molar-refractivity contribution < 1.29 is 4.79 Å². The van der Waals surface area contributed by atoms with Gasteiger partial charge in [-0.3, -0.25) is 4.79 Å². The van der Waals surface area contributed by atoms with Crippen LogP contribution in [0.25, 0.3) is 0 Å². The van der Waals surface area contributed by atoms with Gasteiger partial charge in [0.15, 0.2) is 0 Å². The van der Waals surface area contributed by atoms with Gasteiger partial charge in [0.2, 0.25) is 0 Å². The molecule has 0 amide bonds. The number of unbranched alkanes of at least 4 members (excludes halogenated alkanes) is 1. The van der Waals surface area contributed by atoms with Crippen molar-refractivity contribution >= 4 is 17.5 Å². The Kier molecular flexibility index (Phi) is 5.00. The Morgan fingerprint density at radius 1 is 1.29 bits per heavy atom. The third-order valence-corrected chi connectivity index (χ3v) is 4.92. The fourth-order valence-electron chi connectivity index (χ4n) is 2.13. The van der Waals surface area contributed by atoms with Crippen molar-refractivity contribution in [3.63, 3.8) is 0 Å². The average Bonchev–Trinajstić information content (AvgIpc) is 2.19. The molecule has 1 saturated carbocycles. The molecule has 0 bridgehead atoms. The van der Waals surface area contributed by atoms with Gasteiger partial charge in [0.1, 0.15) is 5.78 Å². The molecule has 0 saturated heterocycles. The molecule has 1 fully saturated rings. The highest BCUT2D eigenvalue weighted by molar-refractivity contribution is 8.01. The van der Waals surface area contributed by atoms with Crippen molar-refractivity contribution in [3.8, 4) is 0 Å². The SMILES string of the molecule is CCCCSC1(C(C)=O)CCCCC1. The van der Waals surface area contributed by atoms with Crippen molar-refractivity contribution in [2.45, 2.75) is 63.5 Å². The first-order valence-corrected chi connectivity index (χ1v) is 6.85. The molecular weight excluding hydrogens is 192 g/mol. The predicted molar refractivity (Wildman–Crippen MR) is 63.9 cm³/mol. The lowest BCUT2D eigenvalue weighted by atomic mass is 9.86. The van der Waals surface area contributed by atoms with Gasteiger partial charge in [-0.25, -0.2) is 0 Å². The molecular formula is C12H22OS. The van der Waals surface area contributed by atoms with E-state index in [0.29, 0.717) is 5.78 Å². The second-order valence-corrected chi connectivity index (χ2v) is 5.79. The summed E-state index contributed by atoms with van der Waals surface area (Å²) in [6.07, 6.45) is 8.55. The third kappa shape index (κ3) is 3.01. The van der Waals surface area contributed by atoms with Gasteiger partial charge in [-0.15, -0.1) is 11.8 Å². The number of rotatable bonds is 5. The van der Waals surface area contributed by atoms with Gasteiger partial charge in [0.25, 0.3) is 0 Å². The van der Waals surface area contributed by atoms with E-state index < -0.39 is 0 Å². The summed E-state index contributed by atoms with van der Waals surface area (Å²) in [4.78, 5) is 11.7. The van der Waals surface area contributed by atoms with Gasteiger partial charge < -0.3 is 0 Å². The summed E-state index contributed by atoms with van der Waals surface area (Å²) in [6.45, 7) is 3.99. The summed E-state index contributed by atoms with van der Waals surface area (Å²) in [5.74, 6) is 1.58. The molecule has 0 spiro atoms. The molecule has 0 radical (unpaired) electrons. The van der Waals surface area contributed by atoms with E-state index in [1.165, 1.54) is 32.1 Å². The lowest BCUT2D eigenvalue weighted by Gasteiger charge is -2.34. The maximum Gasteiger partial charge on any atom is 0.145 e. The molecule has 0 heterocycles. The number of carbonyl (C=O) groups excluding carboxylic acids is 1. The van der Waals surface area contributed by atoms with E-state index in [9.17, 15) is 4.79 Å². The summed E-state index contributed by atoms with van der Waals surface area (Å²) in [5, 5.41) is 0. The minimum atomic E-state index is 0.00736. The highest BCUT2D eigenvalue weighted by Crippen LogP contribution is 2.40. The van der Waals surface area contributed by atoms with Gasteiger partial charge in [0, 0.05) is 0 Å². The van der Waals surface area contributed by atoms with E-state index in [1.54, 1.807) is 6.92 Å². The van der Waals surface area contributed by atoms with E-state index in [-0.39, 0.29) is 4.75 Å². The highest BCUT2D eigenvalue weighted by Gasteiger charge is 2.36. The standard InChI is InChI=1S/C12H22OS/c1-3-4-10-14-12(11(2)13)8-6-5-7-9-12/h3-10H2,1-2H3. The molecule has 14 heavy (non-hydrogen) atoms. The quantitative estimate of drug-likeness (QED) is 0.647. The molecule has 0 unspecified atom stereocenters. The number of thioether (sulfide) groups is 1. The lowest BCUT2D eigenvalue weighted by molar-refractivity contribution is -0.120. The average molecular weight is 214 g/mol. The second kappa shape index (κ2) is 5.79. The van der Waals surface area contributed by atoms with E-state index >= 15 is 0 Å². The van der Waals surface area contributed by atoms with Crippen LogP contribution in [-0.2, 0) is 4.79 Å². The highest BCUT2D eigenvalue weighted by atomic mass is 32.2. The summed E-state index contributed by atoms with van der Waals surface area (Å²) in [7, 11) is 0. The molecule has 0 aromatic rings. The fourth-order valence-corrected chi connectivity index (χ4v) is 3.74. The molecule has 0 aromatic heterocycles. The lowest BCUT2D eigenvalue weighted by Crippen LogP contribution is -2.35. The molecule has 0 aromatic carbocycles. The number of Topliss-reactive ketones (excluding diaryl/α,β-unsaturated/α-hetero) is 1. The zero-order valence-electron chi connectivity index (χ0n) is 9.47. The van der Waals surface area contributed by atoms with Crippen molar-refractivity contribution in [2.75, 3.05) is 5.75 Å². The third-order valence-electron chi connectivity index (χ3n) is 3.18. The normalized spacial score (nSPS) is 20.7. The smallest absolute Gasteiger partial charge is 0.145 e. The Hall–Kier alpha value is 0.0200. The monoisotopic (exact) mass is 214 g/mol. The van der Waals surface area contributed by atoms with E-state index in [1.807, 2.05) is 11.8 Å². The molecule has 1 rings (SSSR count). The van der Waals surface area contributed by atoms with Gasteiger partial charge in [-0.1, -0.05) is 32.6 Å².